The highest BCUT2D eigenvalue weighted by molar-refractivity contribution is 6.35. The van der Waals surface area contributed by atoms with Gasteiger partial charge in [0.05, 0.1) is 10.9 Å². The largest absolute Gasteiger partial charge is 0.417 e. The topological polar surface area (TPSA) is 46.0 Å². The molecule has 0 fully saturated rings. The third-order valence-corrected chi connectivity index (χ3v) is 3.86. The maximum Gasteiger partial charge on any atom is 0.417 e. The lowest BCUT2D eigenvalue weighted by molar-refractivity contribution is 0.555. The van der Waals surface area contributed by atoms with Crippen LogP contribution in [0.15, 0.2) is 45.6 Å². The van der Waals surface area contributed by atoms with Gasteiger partial charge >= 0.3 is 5.76 Å². The number of fused-ring (bicyclic) bond motifs is 1. The minimum absolute atomic E-state index is 0.434. The molecule has 0 radical (unpaired) electrons. The first-order valence-electron chi connectivity index (χ1n) is 5.76. The van der Waals surface area contributed by atoms with Gasteiger partial charge in [-0.3, -0.25) is 4.98 Å². The van der Waals surface area contributed by atoms with Gasteiger partial charge in [-0.25, -0.2) is 4.79 Å². The number of benzene rings is 2. The van der Waals surface area contributed by atoms with E-state index in [1.54, 1.807) is 30.3 Å². The molecule has 3 rings (SSSR count). The van der Waals surface area contributed by atoms with Gasteiger partial charge in [0.1, 0.15) is 0 Å². The maximum absolute atomic E-state index is 11.1. The molecule has 0 saturated carbocycles. The number of alkyl halides is 1. The number of rotatable bonds is 2. The van der Waals surface area contributed by atoms with Crippen molar-refractivity contribution in [2.75, 3.05) is 0 Å². The Hall–Kier alpha value is -1.42. The summed E-state index contributed by atoms with van der Waals surface area (Å²) in [5.41, 5.74) is 2.67. The Bertz CT molecular complexity index is 818. The van der Waals surface area contributed by atoms with Crippen LogP contribution in [0.2, 0.25) is 10.0 Å². The average Bonchev–Trinajstić information content (AvgIpc) is 2.75. The van der Waals surface area contributed by atoms with Crippen LogP contribution in [0.5, 0.6) is 0 Å². The molecule has 1 atom stereocenters. The van der Waals surface area contributed by atoms with Gasteiger partial charge in [-0.2, -0.15) is 0 Å². The number of hydrogen-bond donors (Lipinski definition) is 1. The molecule has 0 aliphatic carbocycles. The number of aromatic amines is 1. The van der Waals surface area contributed by atoms with E-state index in [4.69, 9.17) is 39.2 Å². The van der Waals surface area contributed by atoms with E-state index in [1.807, 2.05) is 6.07 Å². The normalized spacial score (nSPS) is 12.8. The summed E-state index contributed by atoms with van der Waals surface area (Å²) >= 11 is 18.4. The number of halogens is 3. The quantitative estimate of drug-likeness (QED) is 0.690. The van der Waals surface area contributed by atoms with Crippen LogP contribution in [0, 0.1) is 0 Å². The molecule has 3 nitrogen and oxygen atoms in total. The van der Waals surface area contributed by atoms with E-state index < -0.39 is 11.1 Å². The van der Waals surface area contributed by atoms with Crippen LogP contribution in [0.4, 0.5) is 0 Å². The minimum Gasteiger partial charge on any atom is -0.408 e. The lowest BCUT2D eigenvalue weighted by Gasteiger charge is -2.11. The standard InChI is InChI=1S/C14H8Cl3NO2/c15-9-3-8(4-10(16)6-9)13(17)7-1-2-11-12(5-7)20-14(19)18-11/h1-6,13H,(H,18,19). The number of nitrogens with one attached hydrogen (secondary N) is 1. The zero-order valence-electron chi connectivity index (χ0n) is 9.99. The van der Waals surface area contributed by atoms with E-state index in [-0.39, 0.29) is 0 Å². The molecule has 1 N–H and O–H groups in total. The van der Waals surface area contributed by atoms with Crippen LogP contribution in [-0.4, -0.2) is 4.98 Å². The zero-order chi connectivity index (χ0) is 14.3. The van der Waals surface area contributed by atoms with Crippen LogP contribution in [-0.2, 0) is 0 Å². The Morgan fingerprint density at radius 1 is 1.00 bits per heavy atom. The first kappa shape index (κ1) is 13.6. The third-order valence-electron chi connectivity index (χ3n) is 2.92. The molecule has 20 heavy (non-hydrogen) atoms. The summed E-state index contributed by atoms with van der Waals surface area (Å²) in [7, 11) is 0. The molecule has 1 aromatic heterocycles. The van der Waals surface area contributed by atoms with Crippen molar-refractivity contribution < 1.29 is 4.42 Å². The van der Waals surface area contributed by atoms with Crippen LogP contribution in [0.1, 0.15) is 16.5 Å². The lowest BCUT2D eigenvalue weighted by atomic mass is 10.0. The molecule has 6 heteroatoms. The minimum atomic E-state index is -0.492. The monoisotopic (exact) mass is 327 g/mol. The number of aromatic nitrogens is 1. The molecule has 1 heterocycles. The predicted octanol–water partition coefficient (Wildman–Crippen LogP) is 4.76. The Labute approximate surface area is 129 Å². The predicted molar refractivity (Wildman–Crippen MR) is 81.0 cm³/mol. The van der Waals surface area contributed by atoms with Crippen molar-refractivity contribution in [1.29, 1.82) is 0 Å². The molecular formula is C14H8Cl3NO2. The summed E-state index contributed by atoms with van der Waals surface area (Å²) in [5.74, 6) is -0.492. The van der Waals surface area contributed by atoms with Gasteiger partial charge < -0.3 is 4.42 Å². The molecular weight excluding hydrogens is 321 g/mol. The zero-order valence-corrected chi connectivity index (χ0v) is 12.3. The van der Waals surface area contributed by atoms with E-state index >= 15 is 0 Å². The van der Waals surface area contributed by atoms with E-state index in [2.05, 4.69) is 4.98 Å². The number of oxazole rings is 1. The maximum atomic E-state index is 11.1. The van der Waals surface area contributed by atoms with Gasteiger partial charge in [0.15, 0.2) is 5.58 Å². The first-order chi connectivity index (χ1) is 9.52. The number of hydrogen-bond acceptors (Lipinski definition) is 2. The third kappa shape index (κ3) is 2.57. The summed E-state index contributed by atoms with van der Waals surface area (Å²) in [6.07, 6.45) is 0. The van der Waals surface area contributed by atoms with Crippen LogP contribution in [0.3, 0.4) is 0 Å². The molecule has 0 saturated heterocycles. The van der Waals surface area contributed by atoms with Crippen molar-refractivity contribution in [1.82, 2.24) is 4.98 Å². The second-order valence-corrected chi connectivity index (χ2v) is 5.64. The molecule has 0 amide bonds. The van der Waals surface area contributed by atoms with E-state index in [1.165, 1.54) is 0 Å². The van der Waals surface area contributed by atoms with Gasteiger partial charge in [0, 0.05) is 10.0 Å². The molecule has 1 unspecified atom stereocenters. The Morgan fingerprint density at radius 3 is 2.40 bits per heavy atom. The van der Waals surface area contributed by atoms with Gasteiger partial charge in [-0.1, -0.05) is 29.3 Å². The molecule has 0 bridgehead atoms. The van der Waals surface area contributed by atoms with Gasteiger partial charge in [-0.05, 0) is 41.5 Å². The summed E-state index contributed by atoms with van der Waals surface area (Å²) in [6, 6.07) is 10.4. The van der Waals surface area contributed by atoms with Crippen molar-refractivity contribution in [3.8, 4) is 0 Å². The highest BCUT2D eigenvalue weighted by Gasteiger charge is 2.14. The van der Waals surface area contributed by atoms with E-state index in [0.717, 1.165) is 11.1 Å². The molecule has 102 valence electrons. The molecule has 3 aromatic rings. The SMILES string of the molecule is O=c1[nH]c2ccc(C(Cl)c3cc(Cl)cc(Cl)c3)cc2o1. The molecule has 0 aliphatic rings. The van der Waals surface area contributed by atoms with Crippen LogP contribution >= 0.6 is 34.8 Å². The Balaban J connectivity index is 2.06. The smallest absolute Gasteiger partial charge is 0.408 e. The van der Waals surface area contributed by atoms with Crippen molar-refractivity contribution in [2.24, 2.45) is 0 Å². The second-order valence-electron chi connectivity index (χ2n) is 4.34. The fourth-order valence-electron chi connectivity index (χ4n) is 2.03. The molecule has 0 aliphatic heterocycles. The van der Waals surface area contributed by atoms with Crippen molar-refractivity contribution in [2.45, 2.75) is 5.38 Å². The van der Waals surface area contributed by atoms with Crippen molar-refractivity contribution in [3.63, 3.8) is 0 Å². The molecule has 2 aromatic carbocycles. The van der Waals surface area contributed by atoms with Crippen LogP contribution < -0.4 is 5.76 Å². The van der Waals surface area contributed by atoms with Gasteiger partial charge in [0.2, 0.25) is 0 Å². The van der Waals surface area contributed by atoms with Crippen molar-refractivity contribution >= 4 is 45.9 Å². The Morgan fingerprint density at radius 2 is 1.70 bits per heavy atom. The Kier molecular flexibility index (Phi) is 3.50. The van der Waals surface area contributed by atoms with Gasteiger partial charge in [0.25, 0.3) is 0 Å². The first-order valence-corrected chi connectivity index (χ1v) is 6.95. The van der Waals surface area contributed by atoms with E-state index in [0.29, 0.717) is 21.1 Å². The average molecular weight is 329 g/mol. The van der Waals surface area contributed by atoms with E-state index in [9.17, 15) is 4.79 Å². The molecule has 0 spiro atoms. The highest BCUT2D eigenvalue weighted by atomic mass is 35.5. The highest BCUT2D eigenvalue weighted by Crippen LogP contribution is 2.33. The van der Waals surface area contributed by atoms with Crippen molar-refractivity contribution in [3.05, 3.63) is 68.1 Å². The fourth-order valence-corrected chi connectivity index (χ4v) is 2.84. The van der Waals surface area contributed by atoms with Gasteiger partial charge in [-0.15, -0.1) is 11.6 Å². The summed E-state index contributed by atoms with van der Waals surface area (Å²) in [4.78, 5) is 13.7. The summed E-state index contributed by atoms with van der Waals surface area (Å²) < 4.78 is 5.02. The summed E-state index contributed by atoms with van der Waals surface area (Å²) in [5, 5.41) is 0.607. The number of H-pyrrole nitrogens is 1. The summed E-state index contributed by atoms with van der Waals surface area (Å²) in [6.45, 7) is 0. The second kappa shape index (κ2) is 5.17. The van der Waals surface area contributed by atoms with Crippen LogP contribution in [0.25, 0.3) is 11.1 Å². The lowest BCUT2D eigenvalue weighted by Crippen LogP contribution is -1.93. The fraction of sp³-hybridized carbons (Fsp3) is 0.0714.